The Morgan fingerprint density at radius 1 is 1.14 bits per heavy atom. The van der Waals surface area contributed by atoms with Crippen molar-refractivity contribution >= 4 is 39.3 Å². The van der Waals surface area contributed by atoms with E-state index in [4.69, 9.17) is 5.73 Å². The highest BCUT2D eigenvalue weighted by molar-refractivity contribution is 7.98. The normalized spacial score (nSPS) is 12.4. The topological polar surface area (TPSA) is 118 Å². The second-order valence-corrected chi connectivity index (χ2v) is 8.85. The Hall–Kier alpha value is -2.36. The van der Waals surface area contributed by atoms with Crippen molar-refractivity contribution in [1.29, 1.82) is 0 Å². The Balaban J connectivity index is 2.19. The smallest absolute Gasteiger partial charge is 0.248 e. The Bertz CT molecular complexity index is 947. The lowest BCUT2D eigenvalue weighted by molar-refractivity contribution is -0.117. The molecule has 150 valence electrons. The summed E-state index contributed by atoms with van der Waals surface area (Å²) in [5, 5.41) is 2.70. The lowest BCUT2D eigenvalue weighted by Crippen LogP contribution is -2.44. The predicted octanol–water partition coefficient (Wildman–Crippen LogP) is 2.13. The van der Waals surface area contributed by atoms with Crippen LogP contribution in [0.4, 0.5) is 5.69 Å². The first kappa shape index (κ1) is 21.9. The number of aryl methyl sites for hydroxylation is 1. The van der Waals surface area contributed by atoms with Crippen LogP contribution in [0.5, 0.6) is 0 Å². The van der Waals surface area contributed by atoms with E-state index in [1.807, 2.05) is 6.26 Å². The van der Waals surface area contributed by atoms with Crippen molar-refractivity contribution in [2.45, 2.75) is 24.3 Å². The molecule has 0 saturated carbocycles. The van der Waals surface area contributed by atoms with E-state index in [1.54, 1.807) is 37.3 Å². The maximum Gasteiger partial charge on any atom is 0.248 e. The zero-order chi connectivity index (χ0) is 20.7. The van der Waals surface area contributed by atoms with Gasteiger partial charge in [0, 0.05) is 11.3 Å². The van der Waals surface area contributed by atoms with Crippen LogP contribution in [-0.4, -0.2) is 38.3 Å². The second kappa shape index (κ2) is 9.72. The van der Waals surface area contributed by atoms with Gasteiger partial charge in [-0.25, -0.2) is 8.42 Å². The van der Waals surface area contributed by atoms with E-state index in [0.29, 0.717) is 29.0 Å². The molecule has 2 aromatic rings. The second-order valence-electron chi connectivity index (χ2n) is 6.15. The minimum Gasteiger partial charge on any atom is -0.366 e. The third-order valence-electron chi connectivity index (χ3n) is 4.04. The Labute approximate surface area is 169 Å². The van der Waals surface area contributed by atoms with Gasteiger partial charge in [0.05, 0.1) is 4.90 Å². The van der Waals surface area contributed by atoms with Gasteiger partial charge in [-0.05, 0) is 61.2 Å². The summed E-state index contributed by atoms with van der Waals surface area (Å²) in [5.74, 6) is -0.418. The lowest BCUT2D eigenvalue weighted by Gasteiger charge is -2.18. The van der Waals surface area contributed by atoms with Crippen molar-refractivity contribution in [3.63, 3.8) is 0 Å². The molecule has 0 heterocycles. The highest BCUT2D eigenvalue weighted by Gasteiger charge is 2.25. The first-order valence-corrected chi connectivity index (χ1v) is 11.4. The molecule has 7 nitrogen and oxygen atoms in total. The fraction of sp³-hybridized carbons (Fsp3) is 0.263. The molecule has 0 bridgehead atoms. The molecule has 0 fully saturated rings. The Morgan fingerprint density at radius 3 is 2.39 bits per heavy atom. The molecule has 4 N–H and O–H groups in total. The number of nitrogens with one attached hydrogen (secondary N) is 2. The van der Waals surface area contributed by atoms with Crippen molar-refractivity contribution in [2.24, 2.45) is 5.73 Å². The molecule has 9 heteroatoms. The minimum absolute atomic E-state index is 0.0959. The van der Waals surface area contributed by atoms with E-state index >= 15 is 0 Å². The van der Waals surface area contributed by atoms with Crippen LogP contribution in [0.25, 0.3) is 0 Å². The summed E-state index contributed by atoms with van der Waals surface area (Å²) < 4.78 is 27.7. The van der Waals surface area contributed by atoms with E-state index in [2.05, 4.69) is 10.0 Å². The molecule has 1 atom stereocenters. The number of benzene rings is 2. The third-order valence-corrected chi connectivity index (χ3v) is 6.17. The molecule has 2 aromatic carbocycles. The van der Waals surface area contributed by atoms with Crippen LogP contribution in [0, 0.1) is 6.92 Å². The van der Waals surface area contributed by atoms with Gasteiger partial charge in [-0.3, -0.25) is 9.59 Å². The van der Waals surface area contributed by atoms with Gasteiger partial charge >= 0.3 is 0 Å². The van der Waals surface area contributed by atoms with Gasteiger partial charge in [-0.15, -0.1) is 0 Å². The van der Waals surface area contributed by atoms with Gasteiger partial charge < -0.3 is 11.1 Å². The molecule has 0 aliphatic rings. The van der Waals surface area contributed by atoms with Crippen LogP contribution in [0.2, 0.25) is 0 Å². The maximum atomic E-state index is 12.7. The maximum absolute atomic E-state index is 12.7. The van der Waals surface area contributed by atoms with Crippen molar-refractivity contribution < 1.29 is 18.0 Å². The van der Waals surface area contributed by atoms with Crippen molar-refractivity contribution in [3.8, 4) is 0 Å². The molecule has 0 aromatic heterocycles. The lowest BCUT2D eigenvalue weighted by atomic mass is 10.1. The van der Waals surface area contributed by atoms with E-state index in [0.717, 1.165) is 0 Å². The molecule has 0 aliphatic carbocycles. The van der Waals surface area contributed by atoms with Crippen LogP contribution in [0.15, 0.2) is 53.4 Å². The van der Waals surface area contributed by atoms with Crippen molar-refractivity contribution in [3.05, 3.63) is 59.7 Å². The van der Waals surface area contributed by atoms with Crippen LogP contribution in [-0.2, 0) is 14.8 Å². The molecule has 2 rings (SSSR count). The number of hydrogen-bond donors (Lipinski definition) is 3. The summed E-state index contributed by atoms with van der Waals surface area (Å²) >= 11 is 1.52. The number of sulfonamides is 1. The van der Waals surface area contributed by atoms with Gasteiger partial charge in [0.2, 0.25) is 21.8 Å². The number of hydrogen-bond acceptors (Lipinski definition) is 5. The number of thioether (sulfide) groups is 1. The number of anilines is 1. The Morgan fingerprint density at radius 2 is 1.82 bits per heavy atom. The number of rotatable bonds is 9. The van der Waals surface area contributed by atoms with E-state index < -0.39 is 27.9 Å². The van der Waals surface area contributed by atoms with Crippen LogP contribution in [0.3, 0.4) is 0 Å². The van der Waals surface area contributed by atoms with E-state index in [1.165, 1.54) is 30.0 Å². The van der Waals surface area contributed by atoms with Crippen LogP contribution >= 0.6 is 11.8 Å². The van der Waals surface area contributed by atoms with Crippen LogP contribution in [0.1, 0.15) is 22.3 Å². The molecular formula is C19H23N3O4S2. The summed E-state index contributed by atoms with van der Waals surface area (Å²) in [4.78, 5) is 24.1. The summed E-state index contributed by atoms with van der Waals surface area (Å²) in [6.07, 6.45) is 2.21. The van der Waals surface area contributed by atoms with Gasteiger partial charge in [-0.1, -0.05) is 18.2 Å². The number of primary amides is 1. The highest BCUT2D eigenvalue weighted by atomic mass is 32.2. The minimum atomic E-state index is -3.83. The number of nitrogens with two attached hydrogens (primary N) is 1. The SMILES string of the molecule is CSCCC(NS(=O)(=O)c1ccccc1)C(=O)Nc1ccc(C(N)=O)c(C)c1. The zero-order valence-electron chi connectivity index (χ0n) is 15.6. The molecule has 0 radical (unpaired) electrons. The summed E-state index contributed by atoms with van der Waals surface area (Å²) in [5.41, 5.74) is 6.73. The van der Waals surface area contributed by atoms with Gasteiger partial charge in [0.15, 0.2) is 0 Å². The molecule has 0 spiro atoms. The number of amides is 2. The summed E-state index contributed by atoms with van der Waals surface area (Å²) in [6, 6.07) is 11.7. The first-order chi connectivity index (χ1) is 13.2. The standard InChI is InChI=1S/C19H23N3O4S2/c1-13-12-14(8-9-16(13)18(20)23)21-19(24)17(10-11-27-2)22-28(25,26)15-6-4-3-5-7-15/h3-9,12,17,22H,10-11H2,1-2H3,(H2,20,23)(H,21,24). The molecule has 0 saturated heterocycles. The zero-order valence-corrected chi connectivity index (χ0v) is 17.3. The Kier molecular flexibility index (Phi) is 7.61. The fourth-order valence-electron chi connectivity index (χ4n) is 2.58. The molecule has 28 heavy (non-hydrogen) atoms. The average molecular weight is 422 g/mol. The molecule has 2 amide bonds. The van der Waals surface area contributed by atoms with Crippen molar-refractivity contribution in [2.75, 3.05) is 17.3 Å². The highest BCUT2D eigenvalue weighted by Crippen LogP contribution is 2.16. The van der Waals surface area contributed by atoms with Gasteiger partial charge in [-0.2, -0.15) is 16.5 Å². The van der Waals surface area contributed by atoms with Gasteiger partial charge in [0.1, 0.15) is 6.04 Å². The predicted molar refractivity (Wildman–Crippen MR) is 112 cm³/mol. The molecular weight excluding hydrogens is 398 g/mol. The number of carbonyl (C=O) groups excluding carboxylic acids is 2. The van der Waals surface area contributed by atoms with Crippen molar-refractivity contribution in [1.82, 2.24) is 4.72 Å². The largest absolute Gasteiger partial charge is 0.366 e. The average Bonchev–Trinajstić information content (AvgIpc) is 2.65. The summed E-state index contributed by atoms with van der Waals surface area (Å²) in [7, 11) is -3.83. The van der Waals surface area contributed by atoms with E-state index in [-0.39, 0.29) is 4.90 Å². The van der Waals surface area contributed by atoms with Crippen LogP contribution < -0.4 is 15.8 Å². The molecule has 0 aliphatic heterocycles. The summed E-state index contributed by atoms with van der Waals surface area (Å²) in [6.45, 7) is 1.71. The van der Waals surface area contributed by atoms with E-state index in [9.17, 15) is 18.0 Å². The fourth-order valence-corrected chi connectivity index (χ4v) is 4.30. The number of carbonyl (C=O) groups is 2. The molecule has 1 unspecified atom stereocenters. The first-order valence-electron chi connectivity index (χ1n) is 8.52. The van der Waals surface area contributed by atoms with Gasteiger partial charge in [0.25, 0.3) is 0 Å². The quantitative estimate of drug-likeness (QED) is 0.573. The monoisotopic (exact) mass is 421 g/mol. The third kappa shape index (κ3) is 5.82.